The lowest BCUT2D eigenvalue weighted by Crippen LogP contribution is -2.33. The number of pyridine rings is 1. The number of fused-ring (bicyclic) bond motifs is 1. The Morgan fingerprint density at radius 3 is 2.30 bits per heavy atom. The van der Waals surface area contributed by atoms with Crippen LogP contribution in [0.5, 0.6) is 5.88 Å². The summed E-state index contributed by atoms with van der Waals surface area (Å²) in [5, 5.41) is 13.2. The summed E-state index contributed by atoms with van der Waals surface area (Å²) >= 11 is 6.92. The van der Waals surface area contributed by atoms with Gasteiger partial charge in [-0.15, -0.1) is 0 Å². The highest BCUT2D eigenvalue weighted by Crippen LogP contribution is 2.42. The molecule has 3 heterocycles. The first-order valence-corrected chi connectivity index (χ1v) is 12.9. The molecule has 0 amide bonds. The summed E-state index contributed by atoms with van der Waals surface area (Å²) in [7, 11) is 5.10. The average Bonchev–Trinajstić information content (AvgIpc) is 3.45. The minimum absolute atomic E-state index is 0.0497. The molecule has 0 aliphatic heterocycles. The molecule has 1 unspecified atom stereocenters. The van der Waals surface area contributed by atoms with Crippen molar-refractivity contribution in [2.45, 2.75) is 32.0 Å². The molecule has 5 rings (SSSR count). The number of benzene rings is 2. The zero-order valence-electron chi connectivity index (χ0n) is 22.6. The maximum absolute atomic E-state index is 13.7. The van der Waals surface area contributed by atoms with Crippen molar-refractivity contribution < 1.29 is 23.0 Å². The second kappa shape index (κ2) is 9.98. The largest absolute Gasteiger partial charge is 0.481 e. The van der Waals surface area contributed by atoms with Crippen molar-refractivity contribution in [3.63, 3.8) is 0 Å². The molecular formula is C30H28ClF3N4O2. The summed E-state index contributed by atoms with van der Waals surface area (Å²) in [5.41, 5.74) is 1.08. The lowest BCUT2D eigenvalue weighted by molar-refractivity contribution is -0.138. The van der Waals surface area contributed by atoms with Crippen molar-refractivity contribution in [3.8, 4) is 5.88 Å². The predicted octanol–water partition coefficient (Wildman–Crippen LogP) is 6.48. The molecule has 0 radical (unpaired) electrons. The van der Waals surface area contributed by atoms with Gasteiger partial charge in [0.15, 0.2) is 5.60 Å². The third kappa shape index (κ3) is 4.43. The molecule has 0 saturated carbocycles. The summed E-state index contributed by atoms with van der Waals surface area (Å²) in [5.74, 6) is 0.855. The van der Waals surface area contributed by atoms with Crippen molar-refractivity contribution in [3.05, 3.63) is 111 Å². The van der Waals surface area contributed by atoms with Gasteiger partial charge in [-0.25, -0.2) is 9.97 Å². The number of aryl methyl sites for hydroxylation is 2. The third-order valence-corrected chi connectivity index (χ3v) is 8.05. The van der Waals surface area contributed by atoms with Gasteiger partial charge in [-0.2, -0.15) is 13.2 Å². The van der Waals surface area contributed by atoms with Gasteiger partial charge in [-0.05, 0) is 55.3 Å². The number of hydrogen-bond acceptors (Lipinski definition) is 4. The van der Waals surface area contributed by atoms with E-state index >= 15 is 0 Å². The quantitative estimate of drug-likeness (QED) is 0.255. The van der Waals surface area contributed by atoms with E-state index < -0.39 is 17.3 Å². The monoisotopic (exact) mass is 568 g/mol. The van der Waals surface area contributed by atoms with Gasteiger partial charge in [0.1, 0.15) is 5.82 Å². The number of aromatic nitrogens is 4. The zero-order chi connectivity index (χ0) is 29.0. The Bertz CT molecular complexity index is 1690. The molecule has 40 heavy (non-hydrogen) atoms. The van der Waals surface area contributed by atoms with E-state index in [0.717, 1.165) is 17.6 Å². The number of hydrogen-bond donors (Lipinski definition) is 1. The Morgan fingerprint density at radius 2 is 1.70 bits per heavy atom. The minimum atomic E-state index is -4.53. The molecule has 0 aliphatic rings. The van der Waals surface area contributed by atoms with Gasteiger partial charge in [0.2, 0.25) is 5.88 Å². The van der Waals surface area contributed by atoms with Crippen LogP contribution in [-0.4, -0.2) is 31.3 Å². The SMILES string of the molecule is COc1nc2ccc(C(O)(c3ccc(C)n3C)c3cnc(C)n3C)cc2c(Cl)c1Cc1ccccc1C(F)(F)F. The van der Waals surface area contributed by atoms with Crippen LogP contribution in [0.15, 0.2) is 60.8 Å². The lowest BCUT2D eigenvalue weighted by Gasteiger charge is -2.31. The Kier molecular flexibility index (Phi) is 6.92. The smallest absolute Gasteiger partial charge is 0.416 e. The standard InChI is InChI=1S/C30H28ClF3N4O2/c1-17-10-13-25(37(17)3)29(39,26-16-35-18(2)38(26)4)20-11-12-24-21(15-20)27(31)22(28(36-24)40-5)14-19-8-6-7-9-23(19)30(32,33)34/h6-13,15-16,39H,14H2,1-5H3. The maximum atomic E-state index is 13.7. The number of imidazole rings is 1. The van der Waals surface area contributed by atoms with Crippen LogP contribution < -0.4 is 4.74 Å². The zero-order valence-corrected chi connectivity index (χ0v) is 23.4. The van der Waals surface area contributed by atoms with Crippen LogP contribution >= 0.6 is 11.6 Å². The molecule has 0 fully saturated rings. The van der Waals surface area contributed by atoms with E-state index in [1.165, 1.54) is 19.2 Å². The normalized spacial score (nSPS) is 13.6. The van der Waals surface area contributed by atoms with Crippen LogP contribution in [0.3, 0.4) is 0 Å². The highest BCUT2D eigenvalue weighted by atomic mass is 35.5. The van der Waals surface area contributed by atoms with Crippen molar-refractivity contribution in [1.29, 1.82) is 0 Å². The molecule has 208 valence electrons. The van der Waals surface area contributed by atoms with Crippen LogP contribution in [0, 0.1) is 13.8 Å². The molecule has 6 nitrogen and oxygen atoms in total. The number of methoxy groups -OCH3 is 1. The third-order valence-electron chi connectivity index (χ3n) is 7.61. The van der Waals surface area contributed by atoms with Gasteiger partial charge >= 0.3 is 6.18 Å². The predicted molar refractivity (Wildman–Crippen MR) is 148 cm³/mol. The Labute approximate surface area is 234 Å². The second-order valence-corrected chi connectivity index (χ2v) is 10.2. The molecule has 10 heteroatoms. The molecule has 0 bridgehead atoms. The van der Waals surface area contributed by atoms with E-state index in [-0.39, 0.29) is 22.9 Å². The van der Waals surface area contributed by atoms with Gasteiger partial charge in [-0.1, -0.05) is 35.9 Å². The molecule has 0 saturated heterocycles. The van der Waals surface area contributed by atoms with Crippen LogP contribution in [0.25, 0.3) is 10.9 Å². The van der Waals surface area contributed by atoms with E-state index in [0.29, 0.717) is 33.4 Å². The Balaban J connectivity index is 1.74. The van der Waals surface area contributed by atoms with Crippen LogP contribution in [-0.2, 0) is 32.3 Å². The van der Waals surface area contributed by atoms with Crippen molar-refractivity contribution >= 4 is 22.5 Å². The number of nitrogens with zero attached hydrogens (tertiary/aromatic N) is 4. The Morgan fingerprint density at radius 1 is 0.975 bits per heavy atom. The fourth-order valence-corrected chi connectivity index (χ4v) is 5.47. The molecular weight excluding hydrogens is 541 g/mol. The summed E-state index contributed by atoms with van der Waals surface area (Å²) in [6, 6.07) is 14.3. The van der Waals surface area contributed by atoms with Gasteiger partial charge in [-0.3, -0.25) is 0 Å². The Hall–Kier alpha value is -3.82. The molecule has 1 atom stereocenters. The number of alkyl halides is 3. The molecule has 5 aromatic rings. The highest BCUT2D eigenvalue weighted by molar-refractivity contribution is 6.36. The number of aliphatic hydroxyl groups is 1. The van der Waals surface area contributed by atoms with E-state index in [1.807, 2.05) is 49.2 Å². The molecule has 3 aromatic heterocycles. The van der Waals surface area contributed by atoms with Crippen molar-refractivity contribution in [2.24, 2.45) is 14.1 Å². The molecule has 0 aliphatic carbocycles. The van der Waals surface area contributed by atoms with Gasteiger partial charge in [0.25, 0.3) is 0 Å². The average molecular weight is 569 g/mol. The van der Waals surface area contributed by atoms with Gasteiger partial charge in [0, 0.05) is 37.2 Å². The summed E-state index contributed by atoms with van der Waals surface area (Å²) in [4.78, 5) is 8.97. The van der Waals surface area contributed by atoms with Gasteiger partial charge < -0.3 is 19.0 Å². The lowest BCUT2D eigenvalue weighted by atomic mass is 9.86. The van der Waals surface area contributed by atoms with Crippen LogP contribution in [0.4, 0.5) is 13.2 Å². The number of halogens is 4. The maximum Gasteiger partial charge on any atom is 0.416 e. The summed E-state index contributed by atoms with van der Waals surface area (Å²) in [6.07, 6.45) is -3.04. The highest BCUT2D eigenvalue weighted by Gasteiger charge is 2.40. The fourth-order valence-electron chi connectivity index (χ4n) is 5.17. The van der Waals surface area contributed by atoms with E-state index in [2.05, 4.69) is 9.97 Å². The van der Waals surface area contributed by atoms with E-state index in [1.54, 1.807) is 30.5 Å². The number of ether oxygens (including phenoxy) is 1. The second-order valence-electron chi connectivity index (χ2n) is 9.86. The minimum Gasteiger partial charge on any atom is -0.481 e. The fraction of sp³-hybridized carbons (Fsp3) is 0.267. The topological polar surface area (TPSA) is 65.1 Å². The van der Waals surface area contributed by atoms with E-state index in [4.69, 9.17) is 16.3 Å². The number of rotatable bonds is 6. The van der Waals surface area contributed by atoms with Crippen molar-refractivity contribution in [1.82, 2.24) is 19.1 Å². The molecule has 1 N–H and O–H groups in total. The summed E-state index contributed by atoms with van der Waals surface area (Å²) in [6.45, 7) is 3.79. The summed E-state index contributed by atoms with van der Waals surface area (Å²) < 4.78 is 50.4. The first kappa shape index (κ1) is 27.7. The van der Waals surface area contributed by atoms with Crippen LogP contribution in [0.1, 0.15) is 45.2 Å². The van der Waals surface area contributed by atoms with Crippen LogP contribution in [0.2, 0.25) is 5.02 Å². The van der Waals surface area contributed by atoms with E-state index in [9.17, 15) is 18.3 Å². The first-order chi connectivity index (χ1) is 18.9. The molecule has 0 spiro atoms. The molecule has 2 aromatic carbocycles. The van der Waals surface area contributed by atoms with Gasteiger partial charge in [0.05, 0.1) is 40.8 Å². The van der Waals surface area contributed by atoms with Crippen molar-refractivity contribution in [2.75, 3.05) is 7.11 Å². The first-order valence-electron chi connectivity index (χ1n) is 12.5.